The Morgan fingerprint density at radius 3 is 2.56 bits per heavy atom. The lowest BCUT2D eigenvalue weighted by Crippen LogP contribution is -2.29. The molecule has 2 aromatic carbocycles. The van der Waals surface area contributed by atoms with Crippen molar-refractivity contribution >= 4 is 49.7 Å². The molecule has 1 saturated heterocycles. The van der Waals surface area contributed by atoms with Crippen LogP contribution in [0.5, 0.6) is 5.75 Å². The van der Waals surface area contributed by atoms with Crippen LogP contribution in [0.3, 0.4) is 0 Å². The molecule has 1 aliphatic rings. The smallest absolute Gasteiger partial charge is 0.277 e. The maximum atomic E-state index is 11.9. The van der Waals surface area contributed by atoms with Gasteiger partial charge in [-0.2, -0.15) is 5.10 Å². The minimum atomic E-state index is -0.314. The standard InChI is InChI=1S/C20H21Br2N3O2/c21-16-6-9-19(18(22)12-16)27-14-20(26)24-23-13-15-4-7-17(8-5-15)25-10-2-1-3-11-25/h4-9,12-13H,1-3,10-11,14H2,(H,24,26)/b23-13+. The van der Waals surface area contributed by atoms with Crippen molar-refractivity contribution < 1.29 is 9.53 Å². The number of anilines is 1. The Kier molecular flexibility index (Phi) is 7.29. The molecular formula is C20H21Br2N3O2. The fraction of sp³-hybridized carbons (Fsp3) is 0.300. The third kappa shape index (κ3) is 6.07. The van der Waals surface area contributed by atoms with E-state index in [-0.39, 0.29) is 12.5 Å². The van der Waals surface area contributed by atoms with E-state index in [4.69, 9.17) is 4.74 Å². The molecule has 27 heavy (non-hydrogen) atoms. The number of nitrogens with one attached hydrogen (secondary N) is 1. The minimum Gasteiger partial charge on any atom is -0.483 e. The van der Waals surface area contributed by atoms with Crippen molar-refractivity contribution in [2.75, 3.05) is 24.6 Å². The largest absolute Gasteiger partial charge is 0.483 e. The van der Waals surface area contributed by atoms with E-state index in [0.29, 0.717) is 5.75 Å². The van der Waals surface area contributed by atoms with Gasteiger partial charge in [-0.25, -0.2) is 5.43 Å². The molecule has 5 nitrogen and oxygen atoms in total. The van der Waals surface area contributed by atoms with E-state index >= 15 is 0 Å². The monoisotopic (exact) mass is 493 g/mol. The summed E-state index contributed by atoms with van der Waals surface area (Å²) in [4.78, 5) is 14.3. The van der Waals surface area contributed by atoms with Gasteiger partial charge in [0.05, 0.1) is 10.7 Å². The van der Waals surface area contributed by atoms with Gasteiger partial charge in [0, 0.05) is 23.2 Å². The molecule has 0 atom stereocenters. The first-order valence-corrected chi connectivity index (χ1v) is 10.5. The predicted molar refractivity (Wildman–Crippen MR) is 116 cm³/mol. The summed E-state index contributed by atoms with van der Waals surface area (Å²) in [6.07, 6.45) is 5.47. The predicted octanol–water partition coefficient (Wildman–Crippen LogP) is 4.73. The fourth-order valence-electron chi connectivity index (χ4n) is 2.87. The maximum absolute atomic E-state index is 11.9. The van der Waals surface area contributed by atoms with Crippen molar-refractivity contribution in [2.24, 2.45) is 5.10 Å². The molecule has 1 amide bonds. The molecule has 0 unspecified atom stereocenters. The van der Waals surface area contributed by atoms with Crippen LogP contribution in [-0.2, 0) is 4.79 Å². The van der Waals surface area contributed by atoms with Crippen LogP contribution in [0.4, 0.5) is 5.69 Å². The van der Waals surface area contributed by atoms with Gasteiger partial charge < -0.3 is 9.64 Å². The molecule has 0 aliphatic carbocycles. The van der Waals surface area contributed by atoms with E-state index in [2.05, 4.69) is 59.4 Å². The van der Waals surface area contributed by atoms with Gasteiger partial charge in [0.25, 0.3) is 5.91 Å². The third-order valence-corrected chi connectivity index (χ3v) is 5.38. The van der Waals surface area contributed by atoms with Gasteiger partial charge in [-0.3, -0.25) is 4.79 Å². The summed E-state index contributed by atoms with van der Waals surface area (Å²) in [7, 11) is 0. The van der Waals surface area contributed by atoms with Crippen LogP contribution >= 0.6 is 31.9 Å². The molecule has 0 spiro atoms. The average molecular weight is 495 g/mol. The van der Waals surface area contributed by atoms with E-state index in [0.717, 1.165) is 27.6 Å². The van der Waals surface area contributed by atoms with Gasteiger partial charge in [0.2, 0.25) is 0 Å². The molecular weight excluding hydrogens is 474 g/mol. The molecule has 0 bridgehead atoms. The molecule has 142 valence electrons. The zero-order valence-electron chi connectivity index (χ0n) is 14.8. The maximum Gasteiger partial charge on any atom is 0.277 e. The fourth-order valence-corrected chi connectivity index (χ4v) is 4.03. The Morgan fingerprint density at radius 1 is 1.11 bits per heavy atom. The zero-order chi connectivity index (χ0) is 19.1. The van der Waals surface area contributed by atoms with Crippen LogP contribution in [0, 0.1) is 0 Å². The Morgan fingerprint density at radius 2 is 1.85 bits per heavy atom. The van der Waals surface area contributed by atoms with Crippen molar-refractivity contribution in [1.29, 1.82) is 0 Å². The molecule has 0 radical (unpaired) electrons. The van der Waals surface area contributed by atoms with E-state index in [1.165, 1.54) is 24.9 Å². The second-order valence-corrected chi connectivity index (χ2v) is 8.07. The van der Waals surface area contributed by atoms with Gasteiger partial charge in [-0.05, 0) is 71.1 Å². The third-order valence-electron chi connectivity index (χ3n) is 4.27. The van der Waals surface area contributed by atoms with E-state index < -0.39 is 0 Å². The number of amides is 1. The SMILES string of the molecule is O=C(COc1ccc(Br)cc1Br)N/N=C/c1ccc(N2CCCCC2)cc1. The highest BCUT2D eigenvalue weighted by molar-refractivity contribution is 9.11. The molecule has 1 fully saturated rings. The summed E-state index contributed by atoms with van der Waals surface area (Å²) < 4.78 is 7.19. The Bertz CT molecular complexity index is 803. The number of halogens is 2. The van der Waals surface area contributed by atoms with Gasteiger partial charge in [-0.15, -0.1) is 0 Å². The molecule has 0 saturated carbocycles. The highest BCUT2D eigenvalue weighted by Gasteiger charge is 2.10. The lowest BCUT2D eigenvalue weighted by atomic mass is 10.1. The first-order chi connectivity index (χ1) is 13.1. The Balaban J connectivity index is 1.46. The van der Waals surface area contributed by atoms with Crippen LogP contribution in [0.15, 0.2) is 56.5 Å². The van der Waals surface area contributed by atoms with Gasteiger partial charge in [0.15, 0.2) is 6.61 Å². The summed E-state index contributed by atoms with van der Waals surface area (Å²) in [5, 5.41) is 4.00. The number of piperidine rings is 1. The Hall–Kier alpha value is -1.86. The first kappa shape index (κ1) is 19.9. The number of ether oxygens (including phenoxy) is 1. The zero-order valence-corrected chi connectivity index (χ0v) is 18.0. The van der Waals surface area contributed by atoms with Gasteiger partial charge in [-0.1, -0.05) is 28.1 Å². The van der Waals surface area contributed by atoms with Crippen molar-refractivity contribution in [3.63, 3.8) is 0 Å². The number of hydrogen-bond donors (Lipinski definition) is 1. The van der Waals surface area contributed by atoms with Crippen LogP contribution < -0.4 is 15.1 Å². The number of hydrazone groups is 1. The minimum absolute atomic E-state index is 0.106. The summed E-state index contributed by atoms with van der Waals surface area (Å²) in [5.74, 6) is 0.289. The number of hydrogen-bond acceptors (Lipinski definition) is 4. The molecule has 2 aromatic rings. The number of rotatable bonds is 6. The van der Waals surface area contributed by atoms with E-state index in [9.17, 15) is 4.79 Å². The summed E-state index contributed by atoms with van der Waals surface area (Å²) >= 11 is 6.77. The van der Waals surface area contributed by atoms with Crippen molar-refractivity contribution in [3.05, 3.63) is 57.0 Å². The summed E-state index contributed by atoms with van der Waals surface area (Å²) in [6, 6.07) is 13.7. The topological polar surface area (TPSA) is 53.9 Å². The molecule has 0 aromatic heterocycles. The van der Waals surface area contributed by atoms with Crippen molar-refractivity contribution in [1.82, 2.24) is 5.43 Å². The summed E-state index contributed by atoms with van der Waals surface area (Å²) in [5.41, 5.74) is 4.66. The second-order valence-electron chi connectivity index (χ2n) is 6.30. The second kappa shape index (κ2) is 9.90. The Labute approximate surface area is 176 Å². The number of nitrogens with zero attached hydrogens (tertiary/aromatic N) is 2. The molecule has 1 aliphatic heterocycles. The van der Waals surface area contributed by atoms with Gasteiger partial charge in [0.1, 0.15) is 5.75 Å². The summed E-state index contributed by atoms with van der Waals surface area (Å²) in [6.45, 7) is 2.14. The van der Waals surface area contributed by atoms with Crippen LogP contribution in [0.2, 0.25) is 0 Å². The van der Waals surface area contributed by atoms with Crippen molar-refractivity contribution in [2.45, 2.75) is 19.3 Å². The molecule has 1 N–H and O–H groups in total. The van der Waals surface area contributed by atoms with Crippen molar-refractivity contribution in [3.8, 4) is 5.75 Å². The number of carbonyl (C=O) groups is 1. The highest BCUT2D eigenvalue weighted by Crippen LogP contribution is 2.28. The van der Waals surface area contributed by atoms with Crippen LogP contribution in [-0.4, -0.2) is 31.8 Å². The normalized spacial score (nSPS) is 14.4. The van der Waals surface area contributed by atoms with Crippen LogP contribution in [0.25, 0.3) is 0 Å². The van der Waals surface area contributed by atoms with Crippen LogP contribution in [0.1, 0.15) is 24.8 Å². The molecule has 3 rings (SSSR count). The molecule has 7 heteroatoms. The van der Waals surface area contributed by atoms with Gasteiger partial charge >= 0.3 is 0 Å². The first-order valence-electron chi connectivity index (χ1n) is 8.86. The lowest BCUT2D eigenvalue weighted by molar-refractivity contribution is -0.123. The lowest BCUT2D eigenvalue weighted by Gasteiger charge is -2.28. The highest BCUT2D eigenvalue weighted by atomic mass is 79.9. The van der Waals surface area contributed by atoms with E-state index in [1.54, 1.807) is 12.3 Å². The van der Waals surface area contributed by atoms with E-state index in [1.807, 2.05) is 24.3 Å². The molecule has 1 heterocycles. The average Bonchev–Trinajstić information content (AvgIpc) is 2.68. The number of benzene rings is 2. The number of carbonyl (C=O) groups excluding carboxylic acids is 1. The quantitative estimate of drug-likeness (QED) is 0.466.